The maximum absolute atomic E-state index is 12.3. The molecule has 2 fully saturated rings. The topological polar surface area (TPSA) is 87.9 Å². The molecule has 3 aliphatic rings. The molecule has 3 aliphatic heterocycles. The van der Waals surface area contributed by atoms with Gasteiger partial charge in [0.2, 0.25) is 5.91 Å². The largest absolute Gasteiger partial charge is 0.357 e. The molecule has 4 heterocycles. The van der Waals surface area contributed by atoms with Gasteiger partial charge in [-0.05, 0) is 62.3 Å². The van der Waals surface area contributed by atoms with Crippen LogP contribution in [0.5, 0.6) is 0 Å². The third-order valence-corrected chi connectivity index (χ3v) is 8.04. The number of rotatable bonds is 7. The summed E-state index contributed by atoms with van der Waals surface area (Å²) >= 11 is 0. The number of carbonyl (C=O) groups excluding carboxylic acids is 1. The summed E-state index contributed by atoms with van der Waals surface area (Å²) in [6.07, 6.45) is 10.4. The lowest BCUT2D eigenvalue weighted by atomic mass is 9.96. The van der Waals surface area contributed by atoms with Gasteiger partial charge in [-0.1, -0.05) is 61.9 Å². The molecule has 1 unspecified atom stereocenters. The Kier molecular flexibility index (Phi) is 9.03. The van der Waals surface area contributed by atoms with Gasteiger partial charge in [0, 0.05) is 25.6 Å². The van der Waals surface area contributed by atoms with E-state index in [0.717, 1.165) is 68.4 Å². The molecule has 1 atom stereocenters. The number of amidine groups is 1. The zero-order valence-corrected chi connectivity index (χ0v) is 24.5. The van der Waals surface area contributed by atoms with Crippen LogP contribution in [0.2, 0.25) is 0 Å². The summed E-state index contributed by atoms with van der Waals surface area (Å²) < 4.78 is 0. The van der Waals surface area contributed by atoms with Crippen LogP contribution in [0.1, 0.15) is 62.4 Å². The highest BCUT2D eigenvalue weighted by Crippen LogP contribution is 2.34. The van der Waals surface area contributed by atoms with E-state index in [-0.39, 0.29) is 18.4 Å². The van der Waals surface area contributed by atoms with Gasteiger partial charge in [-0.25, -0.2) is 4.98 Å². The number of piperidine rings is 1. The summed E-state index contributed by atoms with van der Waals surface area (Å²) in [4.78, 5) is 22.1. The van der Waals surface area contributed by atoms with Gasteiger partial charge in [0.15, 0.2) is 0 Å². The zero-order chi connectivity index (χ0) is 28.8. The molecule has 41 heavy (non-hydrogen) atoms. The number of pyridine rings is 1. The molecule has 1 aromatic carbocycles. The highest BCUT2D eigenvalue weighted by Gasteiger charge is 2.30. The third kappa shape index (κ3) is 6.79. The summed E-state index contributed by atoms with van der Waals surface area (Å²) in [6, 6.07) is 17.3. The smallest absolute Gasteiger partial charge is 0.224 e. The summed E-state index contributed by atoms with van der Waals surface area (Å²) in [5.41, 5.74) is 4.56. The monoisotopic (exact) mass is 551 g/mol. The quantitative estimate of drug-likeness (QED) is 0.472. The minimum atomic E-state index is -0.0544. The second-order valence-electron chi connectivity index (χ2n) is 11.5. The first kappa shape index (κ1) is 28.4. The predicted octanol–water partition coefficient (Wildman–Crippen LogP) is 5.27. The molecule has 0 spiro atoms. The van der Waals surface area contributed by atoms with E-state index in [1.54, 1.807) is 0 Å². The number of carbonyl (C=O) groups is 1. The van der Waals surface area contributed by atoms with Gasteiger partial charge >= 0.3 is 0 Å². The molecule has 1 aromatic heterocycles. The number of hydrazone groups is 1. The summed E-state index contributed by atoms with van der Waals surface area (Å²) in [7, 11) is 0. The average Bonchev–Trinajstić information content (AvgIpc) is 3.49. The van der Waals surface area contributed by atoms with E-state index < -0.39 is 0 Å². The van der Waals surface area contributed by atoms with Crippen molar-refractivity contribution in [3.8, 4) is 6.07 Å². The van der Waals surface area contributed by atoms with Crippen LogP contribution < -0.4 is 10.2 Å². The van der Waals surface area contributed by atoms with Crippen molar-refractivity contribution in [3.63, 3.8) is 0 Å². The summed E-state index contributed by atoms with van der Waals surface area (Å²) in [6.45, 7) is 9.80. The van der Waals surface area contributed by atoms with Crippen LogP contribution in [0.3, 0.4) is 0 Å². The number of likely N-dealkylation sites (tertiary alicyclic amines) is 1. The summed E-state index contributed by atoms with van der Waals surface area (Å²) in [5.74, 6) is 2.17. The molecular weight excluding hydrogens is 510 g/mol. The number of nitrogens with one attached hydrogen (secondary N) is 1. The normalized spacial score (nSPS) is 19.9. The molecule has 1 N–H and O–H groups in total. The van der Waals surface area contributed by atoms with E-state index in [1.807, 2.05) is 12.1 Å². The number of hydrogen-bond donors (Lipinski definition) is 1. The maximum Gasteiger partial charge on any atom is 0.224 e. The number of benzene rings is 1. The molecule has 1 amide bonds. The molecule has 2 saturated heterocycles. The van der Waals surface area contributed by atoms with Crippen LogP contribution >= 0.6 is 0 Å². The van der Waals surface area contributed by atoms with E-state index in [1.165, 1.54) is 11.1 Å². The lowest BCUT2D eigenvalue weighted by Gasteiger charge is -2.33. The highest BCUT2D eigenvalue weighted by atomic mass is 16.1. The van der Waals surface area contributed by atoms with Crippen molar-refractivity contribution in [2.75, 3.05) is 37.6 Å². The number of allylic oxidation sites excluding steroid dienone is 1. The Bertz CT molecular complexity index is 1360. The minimum Gasteiger partial charge on any atom is -0.357 e. The van der Waals surface area contributed by atoms with E-state index in [4.69, 9.17) is 15.3 Å². The van der Waals surface area contributed by atoms with Crippen molar-refractivity contribution in [1.29, 1.82) is 5.26 Å². The Balaban J connectivity index is 1.35. The molecule has 0 aliphatic carbocycles. The molecule has 8 heteroatoms. The van der Waals surface area contributed by atoms with Crippen LogP contribution in [0.4, 0.5) is 5.82 Å². The Morgan fingerprint density at radius 2 is 1.95 bits per heavy atom. The van der Waals surface area contributed by atoms with Gasteiger partial charge in [-0.3, -0.25) is 9.80 Å². The van der Waals surface area contributed by atoms with Gasteiger partial charge in [0.25, 0.3) is 0 Å². The maximum atomic E-state index is 12.3. The van der Waals surface area contributed by atoms with Crippen LogP contribution in [0.15, 0.2) is 65.8 Å². The van der Waals surface area contributed by atoms with Gasteiger partial charge in [0.05, 0.1) is 30.0 Å². The fourth-order valence-corrected chi connectivity index (χ4v) is 6.03. The van der Waals surface area contributed by atoms with E-state index in [9.17, 15) is 4.79 Å². The molecule has 8 nitrogen and oxygen atoms in total. The number of aromatic nitrogens is 1. The van der Waals surface area contributed by atoms with Crippen molar-refractivity contribution in [2.24, 2.45) is 16.9 Å². The Morgan fingerprint density at radius 1 is 1.15 bits per heavy atom. The third-order valence-electron chi connectivity index (χ3n) is 8.04. The van der Waals surface area contributed by atoms with Gasteiger partial charge < -0.3 is 15.1 Å². The fourth-order valence-electron chi connectivity index (χ4n) is 6.03. The second-order valence-corrected chi connectivity index (χ2v) is 11.5. The standard InChI is InChI=1S/C33H41N7O/c1-24(2)22-30(28-10-5-12-31(36-28)38-20-14-26(15-21-38)33(41)35-17-16-34)40-19-7-13-32(37-40)39-18-6-11-29(39)27-9-4-8-25(3)23-27/h4-5,7-10,12-13,22-24,26,29H,6,11,14-15,17-21H2,1-3H3,(H,35,41)/b30-22-. The number of anilines is 1. The van der Waals surface area contributed by atoms with Crippen LogP contribution in [-0.2, 0) is 4.79 Å². The first-order valence-electron chi connectivity index (χ1n) is 14.9. The van der Waals surface area contributed by atoms with E-state index in [2.05, 4.69) is 95.5 Å². The van der Waals surface area contributed by atoms with Crippen molar-refractivity contribution >= 4 is 23.3 Å². The molecule has 0 bridgehead atoms. The zero-order valence-electron chi connectivity index (χ0n) is 24.5. The van der Waals surface area contributed by atoms with Crippen LogP contribution in [0.25, 0.3) is 5.70 Å². The number of nitriles is 1. The van der Waals surface area contributed by atoms with Crippen molar-refractivity contribution < 1.29 is 4.79 Å². The van der Waals surface area contributed by atoms with Crippen molar-refractivity contribution in [2.45, 2.75) is 52.5 Å². The molecule has 0 radical (unpaired) electrons. The molecule has 5 rings (SSSR count). The molecular formula is C33H41N7O. The number of amides is 1. The first-order chi connectivity index (χ1) is 19.9. The van der Waals surface area contributed by atoms with Crippen LogP contribution in [0, 0.1) is 30.1 Å². The van der Waals surface area contributed by atoms with E-state index in [0.29, 0.717) is 18.5 Å². The van der Waals surface area contributed by atoms with Crippen molar-refractivity contribution in [1.82, 2.24) is 20.2 Å². The highest BCUT2D eigenvalue weighted by molar-refractivity contribution is 5.94. The molecule has 214 valence electrons. The van der Waals surface area contributed by atoms with Crippen LogP contribution in [-0.4, -0.2) is 59.4 Å². The first-order valence-corrected chi connectivity index (χ1v) is 14.9. The average molecular weight is 552 g/mol. The lowest BCUT2D eigenvalue weighted by molar-refractivity contribution is -0.125. The SMILES string of the molecule is Cc1cccc(C2CCCN2C2=NN(/C(=C\C(C)C)c3cccc(N4CCC(C(=O)NCC#N)CC4)n3)CC=C2)c1. The molecule has 2 aromatic rings. The number of aryl methyl sites for hydroxylation is 1. The Morgan fingerprint density at radius 3 is 2.71 bits per heavy atom. The molecule has 0 saturated carbocycles. The Labute approximate surface area is 244 Å². The number of hydrogen-bond acceptors (Lipinski definition) is 7. The Hall–Kier alpha value is -4.12. The summed E-state index contributed by atoms with van der Waals surface area (Å²) in [5, 5.41) is 18.7. The number of nitrogens with zero attached hydrogens (tertiary/aromatic N) is 6. The lowest BCUT2D eigenvalue weighted by Crippen LogP contribution is -2.41. The van der Waals surface area contributed by atoms with E-state index >= 15 is 0 Å². The van der Waals surface area contributed by atoms with Gasteiger partial charge in [-0.2, -0.15) is 10.4 Å². The van der Waals surface area contributed by atoms with Gasteiger partial charge in [0.1, 0.15) is 18.2 Å². The van der Waals surface area contributed by atoms with Gasteiger partial charge in [-0.15, -0.1) is 0 Å². The fraction of sp³-hybridized carbons (Fsp3) is 0.455. The minimum absolute atomic E-state index is 0.0236. The second kappa shape index (κ2) is 13.0. The van der Waals surface area contributed by atoms with Crippen molar-refractivity contribution in [3.05, 3.63) is 77.5 Å². The predicted molar refractivity (Wildman–Crippen MR) is 164 cm³/mol.